The molecular formula is C16H22FN3O. The lowest BCUT2D eigenvalue weighted by molar-refractivity contribution is 0.413. The summed E-state index contributed by atoms with van der Waals surface area (Å²) >= 11 is 0. The summed E-state index contributed by atoms with van der Waals surface area (Å²) in [6.07, 6.45) is 6.93. The Morgan fingerprint density at radius 1 is 1.24 bits per heavy atom. The smallest absolute Gasteiger partial charge is 0.136 e. The minimum absolute atomic E-state index is 0.313. The Morgan fingerprint density at radius 2 is 2.05 bits per heavy atom. The van der Waals surface area contributed by atoms with Crippen molar-refractivity contribution in [1.82, 2.24) is 9.97 Å². The maximum atomic E-state index is 14.0. The summed E-state index contributed by atoms with van der Waals surface area (Å²) in [5, 5.41) is 0. The third kappa shape index (κ3) is 4.04. The molecule has 0 aliphatic carbocycles. The molecule has 0 bridgehead atoms. The highest BCUT2D eigenvalue weighted by molar-refractivity contribution is 5.67. The second-order valence-electron chi connectivity index (χ2n) is 5.01. The van der Waals surface area contributed by atoms with Crippen LogP contribution in [0.3, 0.4) is 0 Å². The van der Waals surface area contributed by atoms with Crippen LogP contribution in [-0.2, 0) is 6.42 Å². The second kappa shape index (κ2) is 7.78. The van der Waals surface area contributed by atoms with Crippen molar-refractivity contribution < 1.29 is 9.13 Å². The molecule has 3 N–H and O–H groups in total. The molecular weight excluding hydrogens is 269 g/mol. The van der Waals surface area contributed by atoms with Gasteiger partial charge < -0.3 is 15.5 Å². The highest BCUT2D eigenvalue weighted by Gasteiger charge is 2.13. The molecule has 0 atom stereocenters. The lowest BCUT2D eigenvalue weighted by atomic mass is 10.1. The fourth-order valence-corrected chi connectivity index (χ4v) is 2.34. The van der Waals surface area contributed by atoms with Gasteiger partial charge in [-0.05, 0) is 31.5 Å². The van der Waals surface area contributed by atoms with Gasteiger partial charge in [-0.3, -0.25) is 0 Å². The van der Waals surface area contributed by atoms with E-state index in [1.54, 1.807) is 18.3 Å². The van der Waals surface area contributed by atoms with E-state index < -0.39 is 0 Å². The zero-order valence-corrected chi connectivity index (χ0v) is 12.4. The van der Waals surface area contributed by atoms with E-state index in [-0.39, 0.29) is 5.82 Å². The van der Waals surface area contributed by atoms with Crippen LogP contribution in [0.25, 0.3) is 11.3 Å². The summed E-state index contributed by atoms with van der Waals surface area (Å²) in [7, 11) is 1.53. The predicted octanol–water partition coefficient (Wildman–Crippen LogP) is 3.29. The molecule has 0 unspecified atom stereocenters. The zero-order valence-electron chi connectivity index (χ0n) is 12.4. The Kier molecular flexibility index (Phi) is 5.75. The topological polar surface area (TPSA) is 63.9 Å². The molecule has 0 saturated heterocycles. The fourth-order valence-electron chi connectivity index (χ4n) is 2.34. The van der Waals surface area contributed by atoms with Crippen LogP contribution >= 0.6 is 0 Å². The first-order valence-electron chi connectivity index (χ1n) is 7.33. The minimum atomic E-state index is -0.313. The molecule has 0 radical (unpaired) electrons. The molecule has 5 heteroatoms. The van der Waals surface area contributed by atoms with E-state index in [4.69, 9.17) is 10.5 Å². The Balaban J connectivity index is 2.03. The van der Waals surface area contributed by atoms with E-state index in [0.717, 1.165) is 44.5 Å². The van der Waals surface area contributed by atoms with Crippen molar-refractivity contribution in [1.29, 1.82) is 0 Å². The number of nitrogens with zero attached hydrogens (tertiary/aromatic N) is 1. The number of aromatic nitrogens is 2. The van der Waals surface area contributed by atoms with E-state index in [2.05, 4.69) is 9.97 Å². The van der Waals surface area contributed by atoms with E-state index in [0.29, 0.717) is 17.0 Å². The summed E-state index contributed by atoms with van der Waals surface area (Å²) in [5.41, 5.74) is 6.55. The zero-order chi connectivity index (χ0) is 15.1. The first-order chi connectivity index (χ1) is 10.3. The molecule has 2 rings (SSSR count). The van der Waals surface area contributed by atoms with Crippen LogP contribution in [0.4, 0.5) is 4.39 Å². The molecule has 1 aromatic carbocycles. The number of H-pyrrole nitrogens is 1. The van der Waals surface area contributed by atoms with Crippen molar-refractivity contribution >= 4 is 0 Å². The van der Waals surface area contributed by atoms with E-state index in [1.165, 1.54) is 13.2 Å². The number of hydrogen-bond donors (Lipinski definition) is 2. The molecule has 0 amide bonds. The molecule has 114 valence electrons. The van der Waals surface area contributed by atoms with Gasteiger partial charge in [-0.2, -0.15) is 0 Å². The van der Waals surface area contributed by atoms with Crippen molar-refractivity contribution in [2.75, 3.05) is 13.7 Å². The summed E-state index contributed by atoms with van der Waals surface area (Å²) in [6.45, 7) is 0.748. The summed E-state index contributed by atoms with van der Waals surface area (Å²) in [5.74, 6) is 1.07. The van der Waals surface area contributed by atoms with Crippen molar-refractivity contribution in [2.24, 2.45) is 5.73 Å². The molecule has 0 saturated carbocycles. The number of nitrogens with two attached hydrogens (primary N) is 1. The summed E-state index contributed by atoms with van der Waals surface area (Å²) in [4.78, 5) is 7.50. The van der Waals surface area contributed by atoms with Gasteiger partial charge in [0.15, 0.2) is 0 Å². The van der Waals surface area contributed by atoms with Crippen LogP contribution in [-0.4, -0.2) is 23.6 Å². The van der Waals surface area contributed by atoms with Crippen LogP contribution in [0.2, 0.25) is 0 Å². The number of benzene rings is 1. The molecule has 2 aromatic rings. The van der Waals surface area contributed by atoms with Gasteiger partial charge in [0, 0.05) is 6.42 Å². The summed E-state index contributed by atoms with van der Waals surface area (Å²) in [6, 6.07) is 4.79. The Bertz CT molecular complexity index is 568. The molecule has 21 heavy (non-hydrogen) atoms. The van der Waals surface area contributed by atoms with Gasteiger partial charge >= 0.3 is 0 Å². The number of methoxy groups -OCH3 is 1. The van der Waals surface area contributed by atoms with E-state index in [1.807, 2.05) is 0 Å². The Hall–Kier alpha value is -1.88. The van der Waals surface area contributed by atoms with Crippen molar-refractivity contribution in [2.45, 2.75) is 32.1 Å². The molecule has 4 nitrogen and oxygen atoms in total. The first kappa shape index (κ1) is 15.5. The second-order valence-corrected chi connectivity index (χ2v) is 5.01. The highest BCUT2D eigenvalue weighted by atomic mass is 19.1. The Labute approximate surface area is 124 Å². The number of unbranched alkanes of at least 4 members (excludes halogenated alkanes) is 3. The first-order valence-corrected chi connectivity index (χ1v) is 7.33. The van der Waals surface area contributed by atoms with Crippen LogP contribution < -0.4 is 10.5 Å². The van der Waals surface area contributed by atoms with Crippen molar-refractivity contribution in [3.05, 3.63) is 36.0 Å². The molecule has 0 fully saturated rings. The third-order valence-corrected chi connectivity index (χ3v) is 3.46. The largest absolute Gasteiger partial charge is 0.496 e. The number of aromatic amines is 1. The van der Waals surface area contributed by atoms with Crippen molar-refractivity contribution in [3.8, 4) is 17.0 Å². The lowest BCUT2D eigenvalue weighted by Gasteiger charge is -2.07. The molecule has 0 spiro atoms. The average molecular weight is 291 g/mol. The molecule has 0 aliphatic rings. The fraction of sp³-hybridized carbons (Fsp3) is 0.438. The highest BCUT2D eigenvalue weighted by Crippen LogP contribution is 2.31. The van der Waals surface area contributed by atoms with Crippen LogP contribution in [0.5, 0.6) is 5.75 Å². The standard InChI is InChI=1S/C16H22FN3O/c1-21-14-8-6-7-12(17)16(14)13-11-19-15(20-13)9-4-2-3-5-10-18/h6-8,11H,2-5,9-10,18H2,1H3,(H,19,20). The van der Waals surface area contributed by atoms with Crippen LogP contribution in [0.1, 0.15) is 31.5 Å². The number of aryl methyl sites for hydroxylation is 1. The lowest BCUT2D eigenvalue weighted by Crippen LogP contribution is -1.98. The number of imidazole rings is 1. The van der Waals surface area contributed by atoms with Gasteiger partial charge in [0.1, 0.15) is 17.4 Å². The average Bonchev–Trinajstić information content (AvgIpc) is 2.95. The van der Waals surface area contributed by atoms with Gasteiger partial charge in [0.05, 0.1) is 24.6 Å². The van der Waals surface area contributed by atoms with Gasteiger partial charge in [-0.1, -0.05) is 18.9 Å². The SMILES string of the molecule is COc1cccc(F)c1-c1cnc(CCCCCCN)[nH]1. The number of rotatable bonds is 8. The quantitative estimate of drug-likeness (QED) is 0.734. The normalized spacial score (nSPS) is 10.8. The Morgan fingerprint density at radius 3 is 2.81 bits per heavy atom. The van der Waals surface area contributed by atoms with E-state index >= 15 is 0 Å². The van der Waals surface area contributed by atoms with Gasteiger partial charge in [-0.25, -0.2) is 9.37 Å². The van der Waals surface area contributed by atoms with E-state index in [9.17, 15) is 4.39 Å². The van der Waals surface area contributed by atoms with Crippen molar-refractivity contribution in [3.63, 3.8) is 0 Å². The maximum Gasteiger partial charge on any atom is 0.136 e. The molecule has 1 aromatic heterocycles. The summed E-state index contributed by atoms with van der Waals surface area (Å²) < 4.78 is 19.2. The monoisotopic (exact) mass is 291 g/mol. The number of nitrogens with one attached hydrogen (secondary N) is 1. The van der Waals surface area contributed by atoms with Gasteiger partial charge in [0.25, 0.3) is 0 Å². The predicted molar refractivity (Wildman–Crippen MR) is 81.8 cm³/mol. The molecule has 0 aliphatic heterocycles. The third-order valence-electron chi connectivity index (χ3n) is 3.46. The minimum Gasteiger partial charge on any atom is -0.496 e. The van der Waals surface area contributed by atoms with Crippen LogP contribution in [0.15, 0.2) is 24.4 Å². The van der Waals surface area contributed by atoms with Gasteiger partial charge in [-0.15, -0.1) is 0 Å². The number of hydrogen-bond acceptors (Lipinski definition) is 3. The number of ether oxygens (including phenoxy) is 1. The maximum absolute atomic E-state index is 14.0. The number of halogens is 1. The molecule has 1 heterocycles. The van der Waals surface area contributed by atoms with Gasteiger partial charge in [0.2, 0.25) is 0 Å². The van der Waals surface area contributed by atoms with Crippen LogP contribution in [0, 0.1) is 5.82 Å².